The normalized spacial score (nSPS) is 10.6. The van der Waals surface area contributed by atoms with Gasteiger partial charge in [0.2, 0.25) is 0 Å². The molecule has 0 unspecified atom stereocenters. The number of rotatable bonds is 7. The molecule has 1 amide bonds. The highest BCUT2D eigenvalue weighted by molar-refractivity contribution is 7.99. The minimum absolute atomic E-state index is 0.0408. The van der Waals surface area contributed by atoms with Gasteiger partial charge in [0.1, 0.15) is 0 Å². The Hall–Kier alpha value is -1.92. The van der Waals surface area contributed by atoms with Gasteiger partial charge in [-0.3, -0.25) is 9.59 Å². The van der Waals surface area contributed by atoms with E-state index in [1.807, 2.05) is 48.7 Å². The van der Waals surface area contributed by atoms with Crippen molar-refractivity contribution in [2.75, 3.05) is 18.1 Å². The van der Waals surface area contributed by atoms with Crippen LogP contribution in [0.4, 0.5) is 0 Å². The second-order valence-corrected chi connectivity index (χ2v) is 6.84. The monoisotopic (exact) mass is 366 g/mol. The predicted molar refractivity (Wildman–Crippen MR) is 97.5 cm³/mol. The van der Waals surface area contributed by atoms with Crippen LogP contribution >= 0.6 is 23.4 Å². The quantitative estimate of drug-likeness (QED) is 0.737. The number of benzene rings is 1. The van der Waals surface area contributed by atoms with Crippen LogP contribution in [0.1, 0.15) is 21.7 Å². The maximum absolute atomic E-state index is 12.4. The number of carboxylic acids is 1. The molecule has 0 bridgehead atoms. The average Bonchev–Trinajstić information content (AvgIpc) is 2.81. The summed E-state index contributed by atoms with van der Waals surface area (Å²) in [6.45, 7) is 4.26. The SMILES string of the molecule is Cc1cc(C(=O)NCCSCC(=O)O)c(C)n1-c1cccc(Cl)c1. The van der Waals surface area contributed by atoms with Crippen molar-refractivity contribution in [3.8, 4) is 5.69 Å². The molecule has 0 aliphatic rings. The Morgan fingerprint density at radius 1 is 1.29 bits per heavy atom. The summed E-state index contributed by atoms with van der Waals surface area (Å²) in [7, 11) is 0. The van der Waals surface area contributed by atoms with Gasteiger partial charge in [0, 0.05) is 34.4 Å². The van der Waals surface area contributed by atoms with Crippen LogP contribution in [-0.4, -0.2) is 39.6 Å². The lowest BCUT2D eigenvalue weighted by Crippen LogP contribution is -2.26. The molecule has 5 nitrogen and oxygen atoms in total. The number of thioether (sulfide) groups is 1. The van der Waals surface area contributed by atoms with E-state index in [0.29, 0.717) is 22.9 Å². The molecule has 0 atom stereocenters. The van der Waals surface area contributed by atoms with Crippen molar-refractivity contribution in [2.45, 2.75) is 13.8 Å². The number of aromatic nitrogens is 1. The molecule has 128 valence electrons. The minimum Gasteiger partial charge on any atom is -0.481 e. The number of amides is 1. The number of aliphatic carboxylic acids is 1. The number of hydrogen-bond donors (Lipinski definition) is 2. The Bertz CT molecular complexity index is 758. The van der Waals surface area contributed by atoms with Crippen molar-refractivity contribution in [1.29, 1.82) is 0 Å². The zero-order chi connectivity index (χ0) is 17.7. The fourth-order valence-corrected chi connectivity index (χ4v) is 3.25. The Morgan fingerprint density at radius 3 is 2.71 bits per heavy atom. The van der Waals surface area contributed by atoms with Gasteiger partial charge in [-0.15, -0.1) is 11.8 Å². The van der Waals surface area contributed by atoms with Crippen molar-refractivity contribution in [3.63, 3.8) is 0 Å². The maximum atomic E-state index is 12.4. The lowest BCUT2D eigenvalue weighted by Gasteiger charge is -2.10. The van der Waals surface area contributed by atoms with Crippen LogP contribution in [0.3, 0.4) is 0 Å². The molecular weight excluding hydrogens is 348 g/mol. The van der Waals surface area contributed by atoms with E-state index in [0.717, 1.165) is 17.1 Å². The molecule has 2 aromatic rings. The molecular formula is C17H19ClN2O3S. The summed E-state index contributed by atoms with van der Waals surface area (Å²) in [5, 5.41) is 12.0. The van der Waals surface area contributed by atoms with Gasteiger partial charge in [-0.1, -0.05) is 17.7 Å². The molecule has 0 radical (unpaired) electrons. The summed E-state index contributed by atoms with van der Waals surface area (Å²) in [6, 6.07) is 9.31. The fraction of sp³-hybridized carbons (Fsp3) is 0.294. The van der Waals surface area contributed by atoms with E-state index in [-0.39, 0.29) is 11.7 Å². The Morgan fingerprint density at radius 2 is 2.04 bits per heavy atom. The first kappa shape index (κ1) is 18.4. The van der Waals surface area contributed by atoms with E-state index in [1.54, 1.807) is 0 Å². The lowest BCUT2D eigenvalue weighted by molar-refractivity contribution is -0.133. The third-order valence-electron chi connectivity index (χ3n) is 3.50. The Kier molecular flexibility index (Phi) is 6.34. The van der Waals surface area contributed by atoms with E-state index in [1.165, 1.54) is 11.8 Å². The molecule has 7 heteroatoms. The van der Waals surface area contributed by atoms with Crippen molar-refractivity contribution in [1.82, 2.24) is 9.88 Å². The topological polar surface area (TPSA) is 71.3 Å². The van der Waals surface area contributed by atoms with Gasteiger partial charge in [-0.2, -0.15) is 0 Å². The molecule has 0 saturated carbocycles. The number of carbonyl (C=O) groups excluding carboxylic acids is 1. The van der Waals surface area contributed by atoms with Gasteiger partial charge in [-0.25, -0.2) is 0 Å². The van der Waals surface area contributed by atoms with Gasteiger partial charge in [0.05, 0.1) is 11.3 Å². The molecule has 0 fully saturated rings. The third-order valence-corrected chi connectivity index (χ3v) is 4.68. The predicted octanol–water partition coefficient (Wildman–Crippen LogP) is 3.30. The summed E-state index contributed by atoms with van der Waals surface area (Å²) in [4.78, 5) is 22.8. The van der Waals surface area contributed by atoms with Crippen LogP contribution in [-0.2, 0) is 4.79 Å². The van der Waals surface area contributed by atoms with Crippen LogP contribution in [0.5, 0.6) is 0 Å². The number of carboxylic acid groups (broad SMARTS) is 1. The van der Waals surface area contributed by atoms with Crippen LogP contribution in [0.25, 0.3) is 5.69 Å². The highest BCUT2D eigenvalue weighted by Gasteiger charge is 2.16. The lowest BCUT2D eigenvalue weighted by atomic mass is 10.2. The molecule has 0 aliphatic heterocycles. The zero-order valence-electron chi connectivity index (χ0n) is 13.5. The van der Waals surface area contributed by atoms with E-state index in [4.69, 9.17) is 16.7 Å². The van der Waals surface area contributed by atoms with Crippen molar-refractivity contribution in [2.24, 2.45) is 0 Å². The second kappa shape index (κ2) is 8.26. The second-order valence-electron chi connectivity index (χ2n) is 5.30. The largest absolute Gasteiger partial charge is 0.481 e. The smallest absolute Gasteiger partial charge is 0.313 e. The van der Waals surface area contributed by atoms with E-state index < -0.39 is 5.97 Å². The number of hydrogen-bond acceptors (Lipinski definition) is 3. The van der Waals surface area contributed by atoms with Crippen molar-refractivity contribution >= 4 is 35.2 Å². The Labute approximate surface area is 150 Å². The number of nitrogens with one attached hydrogen (secondary N) is 1. The van der Waals surface area contributed by atoms with Gasteiger partial charge < -0.3 is 15.0 Å². The minimum atomic E-state index is -0.851. The van der Waals surface area contributed by atoms with E-state index >= 15 is 0 Å². The first-order valence-corrected chi connectivity index (χ1v) is 8.96. The zero-order valence-corrected chi connectivity index (χ0v) is 15.1. The third kappa shape index (κ3) is 4.55. The van der Waals surface area contributed by atoms with Crippen LogP contribution in [0, 0.1) is 13.8 Å². The number of nitrogens with zero attached hydrogens (tertiary/aromatic N) is 1. The first-order chi connectivity index (χ1) is 11.4. The van der Waals surface area contributed by atoms with Gasteiger partial charge >= 0.3 is 5.97 Å². The van der Waals surface area contributed by atoms with Crippen molar-refractivity contribution in [3.05, 3.63) is 52.3 Å². The first-order valence-electron chi connectivity index (χ1n) is 7.42. The molecule has 2 rings (SSSR count). The molecule has 24 heavy (non-hydrogen) atoms. The molecule has 1 aromatic carbocycles. The number of carbonyl (C=O) groups is 2. The highest BCUT2D eigenvalue weighted by Crippen LogP contribution is 2.23. The van der Waals surface area contributed by atoms with Gasteiger partial charge in [-0.05, 0) is 38.1 Å². The fourth-order valence-electron chi connectivity index (χ4n) is 2.50. The maximum Gasteiger partial charge on any atom is 0.313 e. The summed E-state index contributed by atoms with van der Waals surface area (Å²) in [5.41, 5.74) is 3.30. The van der Waals surface area contributed by atoms with Crippen LogP contribution < -0.4 is 5.32 Å². The highest BCUT2D eigenvalue weighted by atomic mass is 35.5. The van der Waals surface area contributed by atoms with Crippen LogP contribution in [0.15, 0.2) is 30.3 Å². The summed E-state index contributed by atoms with van der Waals surface area (Å²) in [5.74, 6) is -0.409. The van der Waals surface area contributed by atoms with Gasteiger partial charge in [0.25, 0.3) is 5.91 Å². The molecule has 2 N–H and O–H groups in total. The molecule has 1 heterocycles. The van der Waals surface area contributed by atoms with Crippen LogP contribution in [0.2, 0.25) is 5.02 Å². The van der Waals surface area contributed by atoms with E-state index in [2.05, 4.69) is 5.32 Å². The Balaban J connectivity index is 2.08. The summed E-state index contributed by atoms with van der Waals surface area (Å²) < 4.78 is 1.99. The summed E-state index contributed by atoms with van der Waals surface area (Å²) in [6.07, 6.45) is 0. The number of halogens is 1. The standard InChI is InChI=1S/C17H19ClN2O3S/c1-11-8-15(17(23)19-6-7-24-10-16(21)22)12(2)20(11)14-5-3-4-13(18)9-14/h3-5,8-9H,6-7,10H2,1-2H3,(H,19,23)(H,21,22). The molecule has 0 aliphatic carbocycles. The van der Waals surface area contributed by atoms with Crippen molar-refractivity contribution < 1.29 is 14.7 Å². The molecule has 1 aromatic heterocycles. The molecule has 0 saturated heterocycles. The van der Waals surface area contributed by atoms with E-state index in [9.17, 15) is 9.59 Å². The number of aryl methyl sites for hydroxylation is 1. The molecule has 0 spiro atoms. The average molecular weight is 367 g/mol. The summed E-state index contributed by atoms with van der Waals surface area (Å²) >= 11 is 7.33. The van der Waals surface area contributed by atoms with Gasteiger partial charge in [0.15, 0.2) is 0 Å².